The van der Waals surface area contributed by atoms with Crippen LogP contribution in [0.4, 0.5) is 0 Å². The summed E-state index contributed by atoms with van der Waals surface area (Å²) < 4.78 is 4.76. The lowest BCUT2D eigenvalue weighted by Gasteiger charge is -2.10. The summed E-state index contributed by atoms with van der Waals surface area (Å²) in [6, 6.07) is 1.58. The molecule has 1 heterocycles. The zero-order valence-corrected chi connectivity index (χ0v) is 7.57. The van der Waals surface area contributed by atoms with Gasteiger partial charge in [-0.05, 0) is 6.92 Å². The number of nitrogens with zero attached hydrogens (tertiary/aromatic N) is 2. The van der Waals surface area contributed by atoms with Gasteiger partial charge in [0.25, 0.3) is 5.91 Å². The quantitative estimate of drug-likeness (QED) is 0.626. The number of aromatic nitrogens is 1. The standard InChI is InChI=1S/C9H10N2O2/c1-4-5-11(3)9(12)8-6-7(2)13-10-8/h1,6H,5H2,2-3H3. The highest BCUT2D eigenvalue weighted by molar-refractivity contribution is 5.92. The third kappa shape index (κ3) is 2.09. The lowest BCUT2D eigenvalue weighted by atomic mass is 10.3. The predicted molar refractivity (Wildman–Crippen MR) is 47.0 cm³/mol. The summed E-state index contributed by atoms with van der Waals surface area (Å²) in [6.45, 7) is 2.00. The maximum Gasteiger partial charge on any atom is 0.276 e. The fourth-order valence-corrected chi connectivity index (χ4v) is 0.871. The Kier molecular flexibility index (Phi) is 2.70. The van der Waals surface area contributed by atoms with Crippen LogP contribution in [0.15, 0.2) is 10.6 Å². The SMILES string of the molecule is C#CCN(C)C(=O)c1cc(C)on1. The Morgan fingerprint density at radius 2 is 2.54 bits per heavy atom. The molecule has 0 saturated carbocycles. The first kappa shape index (κ1) is 9.33. The fraction of sp³-hybridized carbons (Fsp3) is 0.333. The van der Waals surface area contributed by atoms with Gasteiger partial charge in [-0.1, -0.05) is 11.1 Å². The van der Waals surface area contributed by atoms with E-state index in [4.69, 9.17) is 10.9 Å². The summed E-state index contributed by atoms with van der Waals surface area (Å²) in [4.78, 5) is 12.9. The largest absolute Gasteiger partial charge is 0.361 e. The van der Waals surface area contributed by atoms with Gasteiger partial charge in [-0.15, -0.1) is 6.42 Å². The highest BCUT2D eigenvalue weighted by atomic mass is 16.5. The van der Waals surface area contributed by atoms with Gasteiger partial charge in [0.1, 0.15) is 5.76 Å². The minimum absolute atomic E-state index is 0.227. The van der Waals surface area contributed by atoms with Crippen LogP contribution in [0.1, 0.15) is 16.2 Å². The van der Waals surface area contributed by atoms with Gasteiger partial charge in [-0.2, -0.15) is 0 Å². The van der Waals surface area contributed by atoms with Crippen LogP contribution in [-0.2, 0) is 0 Å². The molecule has 1 aromatic rings. The van der Waals surface area contributed by atoms with Crippen LogP contribution >= 0.6 is 0 Å². The first-order valence-corrected chi connectivity index (χ1v) is 3.77. The minimum Gasteiger partial charge on any atom is -0.361 e. The van der Waals surface area contributed by atoms with Crippen molar-refractivity contribution in [1.29, 1.82) is 0 Å². The molecule has 0 N–H and O–H groups in total. The van der Waals surface area contributed by atoms with E-state index in [1.165, 1.54) is 4.90 Å². The first-order valence-electron chi connectivity index (χ1n) is 3.77. The van der Waals surface area contributed by atoms with Crippen molar-refractivity contribution in [1.82, 2.24) is 10.1 Å². The van der Waals surface area contributed by atoms with Crippen molar-refractivity contribution in [3.05, 3.63) is 17.5 Å². The van der Waals surface area contributed by atoms with Crippen LogP contribution < -0.4 is 0 Å². The molecule has 1 rings (SSSR count). The Hall–Kier alpha value is -1.76. The van der Waals surface area contributed by atoms with Crippen LogP contribution in [0.5, 0.6) is 0 Å². The summed E-state index contributed by atoms with van der Waals surface area (Å²) >= 11 is 0. The first-order chi connectivity index (χ1) is 6.15. The Bertz CT molecular complexity index is 349. The van der Waals surface area contributed by atoms with E-state index in [0.29, 0.717) is 5.76 Å². The van der Waals surface area contributed by atoms with E-state index >= 15 is 0 Å². The van der Waals surface area contributed by atoms with E-state index in [2.05, 4.69) is 11.1 Å². The maximum absolute atomic E-state index is 11.5. The van der Waals surface area contributed by atoms with Gasteiger partial charge in [0, 0.05) is 13.1 Å². The Balaban J connectivity index is 2.74. The highest BCUT2D eigenvalue weighted by Gasteiger charge is 2.14. The topological polar surface area (TPSA) is 46.3 Å². The molecule has 4 heteroatoms. The molecule has 0 aliphatic heterocycles. The number of carbonyl (C=O) groups is 1. The van der Waals surface area contributed by atoms with Crippen molar-refractivity contribution in [2.24, 2.45) is 0 Å². The summed E-state index contributed by atoms with van der Waals surface area (Å²) in [7, 11) is 1.62. The molecular weight excluding hydrogens is 168 g/mol. The van der Waals surface area contributed by atoms with Gasteiger partial charge in [-0.3, -0.25) is 4.79 Å². The summed E-state index contributed by atoms with van der Waals surface area (Å²) in [6.07, 6.45) is 5.06. The molecule has 0 spiro atoms. The average Bonchev–Trinajstić information content (AvgIpc) is 2.51. The van der Waals surface area contributed by atoms with Crippen LogP contribution in [0.2, 0.25) is 0 Å². The zero-order chi connectivity index (χ0) is 9.84. The second-order valence-electron chi connectivity index (χ2n) is 2.69. The van der Waals surface area contributed by atoms with Gasteiger partial charge in [0.05, 0.1) is 6.54 Å². The molecule has 4 nitrogen and oxygen atoms in total. The molecular formula is C9H10N2O2. The minimum atomic E-state index is -0.227. The Morgan fingerprint density at radius 3 is 3.00 bits per heavy atom. The Morgan fingerprint density at radius 1 is 1.85 bits per heavy atom. The van der Waals surface area contributed by atoms with Gasteiger partial charge in [-0.25, -0.2) is 0 Å². The van der Waals surface area contributed by atoms with E-state index in [9.17, 15) is 4.79 Å². The van der Waals surface area contributed by atoms with Crippen molar-refractivity contribution in [2.75, 3.05) is 13.6 Å². The van der Waals surface area contributed by atoms with Crippen molar-refractivity contribution >= 4 is 5.91 Å². The van der Waals surface area contributed by atoms with Crippen molar-refractivity contribution in [3.8, 4) is 12.3 Å². The van der Waals surface area contributed by atoms with E-state index in [1.807, 2.05) is 0 Å². The molecule has 0 aromatic carbocycles. The number of hydrogen-bond acceptors (Lipinski definition) is 3. The third-order valence-electron chi connectivity index (χ3n) is 1.52. The Labute approximate surface area is 76.5 Å². The monoisotopic (exact) mass is 178 g/mol. The predicted octanol–water partition coefficient (Wildman–Crippen LogP) is 0.688. The normalized spacial score (nSPS) is 9.31. The van der Waals surface area contributed by atoms with Gasteiger partial charge in [0.15, 0.2) is 5.69 Å². The van der Waals surface area contributed by atoms with Gasteiger partial charge < -0.3 is 9.42 Å². The van der Waals surface area contributed by atoms with Crippen LogP contribution in [0, 0.1) is 19.3 Å². The molecule has 1 aromatic heterocycles. The number of hydrogen-bond donors (Lipinski definition) is 0. The summed E-state index contributed by atoms with van der Waals surface area (Å²) in [5, 5.41) is 3.58. The molecule has 0 atom stereocenters. The molecule has 1 amide bonds. The molecule has 68 valence electrons. The lowest BCUT2D eigenvalue weighted by Crippen LogP contribution is -2.27. The average molecular weight is 178 g/mol. The maximum atomic E-state index is 11.5. The van der Waals surface area contributed by atoms with E-state index in [0.717, 1.165) is 0 Å². The zero-order valence-electron chi connectivity index (χ0n) is 7.57. The number of terminal acetylenes is 1. The fourth-order valence-electron chi connectivity index (χ4n) is 0.871. The molecule has 0 fully saturated rings. The van der Waals surface area contributed by atoms with Crippen LogP contribution in [-0.4, -0.2) is 29.6 Å². The van der Waals surface area contributed by atoms with Crippen molar-refractivity contribution < 1.29 is 9.32 Å². The number of amides is 1. The molecule has 0 saturated heterocycles. The number of carbonyl (C=O) groups excluding carboxylic acids is 1. The van der Waals surface area contributed by atoms with Crippen LogP contribution in [0.3, 0.4) is 0 Å². The lowest BCUT2D eigenvalue weighted by molar-refractivity contribution is 0.0802. The third-order valence-corrected chi connectivity index (χ3v) is 1.52. The molecule has 0 bridgehead atoms. The highest BCUT2D eigenvalue weighted by Crippen LogP contribution is 2.03. The van der Waals surface area contributed by atoms with E-state index < -0.39 is 0 Å². The van der Waals surface area contributed by atoms with Crippen molar-refractivity contribution in [2.45, 2.75) is 6.92 Å². The molecule has 0 radical (unpaired) electrons. The molecule has 0 aliphatic carbocycles. The molecule has 0 unspecified atom stereocenters. The van der Waals surface area contributed by atoms with Crippen LogP contribution in [0.25, 0.3) is 0 Å². The smallest absolute Gasteiger partial charge is 0.276 e. The number of rotatable bonds is 2. The second-order valence-corrected chi connectivity index (χ2v) is 2.69. The van der Waals surface area contributed by atoms with Gasteiger partial charge in [0.2, 0.25) is 0 Å². The second kappa shape index (κ2) is 3.76. The summed E-state index contributed by atoms with van der Waals surface area (Å²) in [5.74, 6) is 2.75. The summed E-state index contributed by atoms with van der Waals surface area (Å²) in [5.41, 5.74) is 0.287. The van der Waals surface area contributed by atoms with E-state index in [1.54, 1.807) is 20.0 Å². The van der Waals surface area contributed by atoms with E-state index in [-0.39, 0.29) is 18.1 Å². The molecule has 0 aliphatic rings. The molecule has 13 heavy (non-hydrogen) atoms. The van der Waals surface area contributed by atoms with Gasteiger partial charge >= 0.3 is 0 Å². The van der Waals surface area contributed by atoms with Crippen molar-refractivity contribution in [3.63, 3.8) is 0 Å². The number of aryl methyl sites for hydroxylation is 1.